The van der Waals surface area contributed by atoms with Gasteiger partial charge in [0.2, 0.25) is 0 Å². The fourth-order valence-electron chi connectivity index (χ4n) is 6.65. The molecule has 3 atom stereocenters. The monoisotopic (exact) mass is 601 g/mol. The van der Waals surface area contributed by atoms with E-state index >= 15 is 0 Å². The molecule has 0 aromatic carbocycles. The molecular weight excluding hydrogens is 554 g/mol. The quantitative estimate of drug-likeness (QED) is 0.362. The van der Waals surface area contributed by atoms with Gasteiger partial charge in [-0.3, -0.25) is 9.97 Å². The van der Waals surface area contributed by atoms with E-state index in [9.17, 15) is 0 Å². The lowest BCUT2D eigenvalue weighted by Crippen LogP contribution is -2.47. The minimum atomic E-state index is -0.355. The molecule has 0 aliphatic carbocycles. The number of hydrogen-bond donors (Lipinski definition) is 1. The number of ether oxygens (including phenoxy) is 4. The van der Waals surface area contributed by atoms with E-state index in [4.69, 9.17) is 28.9 Å². The maximum Gasteiger partial charge on any atom is 0.257 e. The van der Waals surface area contributed by atoms with E-state index < -0.39 is 0 Å². The summed E-state index contributed by atoms with van der Waals surface area (Å²) in [7, 11) is 0. The predicted molar refractivity (Wildman–Crippen MR) is 173 cm³/mol. The lowest BCUT2D eigenvalue weighted by Gasteiger charge is -2.42. The molecule has 6 heterocycles. The van der Waals surface area contributed by atoms with Gasteiger partial charge in [-0.05, 0) is 37.1 Å². The highest BCUT2D eigenvalue weighted by Gasteiger charge is 2.40. The molecule has 6 rings (SSSR count). The molecular formula is C35H47N5O4. The van der Waals surface area contributed by atoms with E-state index in [1.165, 1.54) is 5.69 Å². The van der Waals surface area contributed by atoms with E-state index in [2.05, 4.69) is 69.7 Å². The average Bonchev–Trinajstić information content (AvgIpc) is 2.99. The summed E-state index contributed by atoms with van der Waals surface area (Å²) in [6.07, 6.45) is 7.00. The zero-order valence-electron chi connectivity index (χ0n) is 27.3. The molecule has 0 amide bonds. The molecule has 236 valence electrons. The minimum Gasteiger partial charge on any atom is -0.488 e. The number of morpholine rings is 1. The molecule has 3 aliphatic rings. The van der Waals surface area contributed by atoms with Crippen LogP contribution in [0.4, 0.5) is 11.4 Å². The normalized spacial score (nSPS) is 21.5. The van der Waals surface area contributed by atoms with Gasteiger partial charge in [0, 0.05) is 53.8 Å². The number of nitrogens with zero attached hydrogens (tertiary/aromatic N) is 4. The standard InChI is InChI=1S/C35H47N5O4/c1-33(2,3)29-11-10-27-32(39-29)43-22-24(44-27)18-35(7,25-19-36-20-28-30(25)37-13-15-42-28)17-23-21-40(14-16-41-23)26-9-8-12-38-31(26)34(4,5)6/h8-12,19-20,23-24,37H,13-18,21-22H2,1-7H3. The zero-order valence-corrected chi connectivity index (χ0v) is 27.3. The van der Waals surface area contributed by atoms with Crippen molar-refractivity contribution in [3.8, 4) is 17.4 Å². The van der Waals surface area contributed by atoms with Crippen molar-refractivity contribution in [1.82, 2.24) is 15.0 Å². The Morgan fingerprint density at radius 1 is 0.909 bits per heavy atom. The van der Waals surface area contributed by atoms with Crippen molar-refractivity contribution in [2.45, 2.75) is 89.8 Å². The first-order valence-corrected chi connectivity index (χ1v) is 15.9. The van der Waals surface area contributed by atoms with Crippen molar-refractivity contribution in [1.29, 1.82) is 0 Å². The molecule has 3 aliphatic heterocycles. The van der Waals surface area contributed by atoms with E-state index in [-0.39, 0.29) is 28.5 Å². The van der Waals surface area contributed by atoms with Crippen molar-refractivity contribution in [3.05, 3.63) is 59.8 Å². The Bertz CT molecular complexity index is 1480. The molecule has 1 fully saturated rings. The van der Waals surface area contributed by atoms with Crippen molar-refractivity contribution in [3.63, 3.8) is 0 Å². The lowest BCUT2D eigenvalue weighted by molar-refractivity contribution is 0.00751. The number of rotatable bonds is 6. The lowest BCUT2D eigenvalue weighted by atomic mass is 9.73. The van der Waals surface area contributed by atoms with Crippen molar-refractivity contribution in [2.75, 3.05) is 49.7 Å². The summed E-state index contributed by atoms with van der Waals surface area (Å²) in [6.45, 7) is 19.5. The van der Waals surface area contributed by atoms with Crippen LogP contribution < -0.4 is 24.4 Å². The van der Waals surface area contributed by atoms with Crippen LogP contribution in [0.5, 0.6) is 17.4 Å². The van der Waals surface area contributed by atoms with Gasteiger partial charge in [0.05, 0.1) is 41.7 Å². The van der Waals surface area contributed by atoms with Gasteiger partial charge < -0.3 is 29.2 Å². The van der Waals surface area contributed by atoms with Gasteiger partial charge in [-0.25, -0.2) is 4.98 Å². The Balaban J connectivity index is 1.28. The van der Waals surface area contributed by atoms with Gasteiger partial charge >= 0.3 is 0 Å². The third-order valence-corrected chi connectivity index (χ3v) is 8.85. The van der Waals surface area contributed by atoms with Crippen LogP contribution in [0.3, 0.4) is 0 Å². The van der Waals surface area contributed by atoms with Crippen LogP contribution in [0, 0.1) is 0 Å². The average molecular weight is 602 g/mol. The minimum absolute atomic E-state index is 0.00468. The Hall–Kier alpha value is -3.59. The number of fused-ring (bicyclic) bond motifs is 2. The molecule has 3 unspecified atom stereocenters. The van der Waals surface area contributed by atoms with Crippen LogP contribution in [0.1, 0.15) is 78.3 Å². The first kappa shape index (κ1) is 30.4. The zero-order chi connectivity index (χ0) is 31.1. The van der Waals surface area contributed by atoms with E-state index in [1.54, 1.807) is 6.20 Å². The Kier molecular flexibility index (Phi) is 8.11. The Morgan fingerprint density at radius 2 is 1.73 bits per heavy atom. The van der Waals surface area contributed by atoms with E-state index in [1.807, 2.05) is 30.6 Å². The number of hydrogen-bond acceptors (Lipinski definition) is 9. The smallest absolute Gasteiger partial charge is 0.257 e. The SMILES string of the molecule is CC(C)(C)c1ccc2c(n1)OCC(CC(C)(CC1CN(c3cccnc3C(C)(C)C)CCO1)c1cncc3c1NCCO3)O2. The highest BCUT2D eigenvalue weighted by molar-refractivity contribution is 5.64. The van der Waals surface area contributed by atoms with Gasteiger partial charge in [-0.15, -0.1) is 0 Å². The number of pyridine rings is 3. The molecule has 44 heavy (non-hydrogen) atoms. The molecule has 0 saturated carbocycles. The second kappa shape index (κ2) is 11.7. The van der Waals surface area contributed by atoms with Crippen molar-refractivity contribution in [2.24, 2.45) is 0 Å². The molecule has 9 nitrogen and oxygen atoms in total. The maximum absolute atomic E-state index is 6.57. The van der Waals surface area contributed by atoms with Crippen molar-refractivity contribution < 1.29 is 18.9 Å². The summed E-state index contributed by atoms with van der Waals surface area (Å²) in [4.78, 5) is 16.6. The van der Waals surface area contributed by atoms with Crippen LogP contribution in [0.25, 0.3) is 0 Å². The highest BCUT2D eigenvalue weighted by Crippen LogP contribution is 2.45. The van der Waals surface area contributed by atoms with E-state index in [0.717, 1.165) is 54.4 Å². The summed E-state index contributed by atoms with van der Waals surface area (Å²) in [5.41, 5.74) is 4.92. The second-order valence-electron chi connectivity index (χ2n) is 14.7. The van der Waals surface area contributed by atoms with Crippen LogP contribution in [-0.2, 0) is 21.0 Å². The molecule has 0 radical (unpaired) electrons. The summed E-state index contributed by atoms with van der Waals surface area (Å²) in [5, 5.41) is 3.60. The predicted octanol–water partition coefficient (Wildman–Crippen LogP) is 6.05. The summed E-state index contributed by atoms with van der Waals surface area (Å²) in [5.74, 6) is 2.06. The van der Waals surface area contributed by atoms with Crippen LogP contribution >= 0.6 is 0 Å². The van der Waals surface area contributed by atoms with Gasteiger partial charge in [-0.2, -0.15) is 0 Å². The van der Waals surface area contributed by atoms with Crippen molar-refractivity contribution >= 4 is 11.4 Å². The van der Waals surface area contributed by atoms with Crippen LogP contribution in [0.2, 0.25) is 0 Å². The fraction of sp³-hybridized carbons (Fsp3) is 0.571. The largest absolute Gasteiger partial charge is 0.488 e. The maximum atomic E-state index is 6.57. The third-order valence-electron chi connectivity index (χ3n) is 8.85. The third kappa shape index (κ3) is 6.29. The number of anilines is 2. The van der Waals surface area contributed by atoms with Gasteiger partial charge in [0.25, 0.3) is 5.88 Å². The summed E-state index contributed by atoms with van der Waals surface area (Å²) in [6, 6.07) is 8.26. The van der Waals surface area contributed by atoms with Crippen LogP contribution in [0.15, 0.2) is 42.9 Å². The molecule has 0 bridgehead atoms. The number of nitrogens with one attached hydrogen (secondary N) is 1. The molecule has 1 saturated heterocycles. The Labute approximate surface area is 261 Å². The number of aromatic nitrogens is 3. The molecule has 0 spiro atoms. The fourth-order valence-corrected chi connectivity index (χ4v) is 6.65. The summed E-state index contributed by atoms with van der Waals surface area (Å²) >= 11 is 0. The van der Waals surface area contributed by atoms with Gasteiger partial charge in [-0.1, -0.05) is 48.5 Å². The Morgan fingerprint density at radius 3 is 2.52 bits per heavy atom. The second-order valence-corrected chi connectivity index (χ2v) is 14.7. The first-order valence-electron chi connectivity index (χ1n) is 15.9. The first-order chi connectivity index (χ1) is 20.9. The highest BCUT2D eigenvalue weighted by atomic mass is 16.6. The van der Waals surface area contributed by atoms with Crippen LogP contribution in [-0.4, -0.2) is 66.6 Å². The van der Waals surface area contributed by atoms with E-state index in [0.29, 0.717) is 37.9 Å². The molecule has 3 aromatic rings. The molecule has 1 N–H and O–H groups in total. The van der Waals surface area contributed by atoms with Gasteiger partial charge in [0.1, 0.15) is 19.3 Å². The molecule has 9 heteroatoms. The van der Waals surface area contributed by atoms with Gasteiger partial charge in [0.15, 0.2) is 11.5 Å². The summed E-state index contributed by atoms with van der Waals surface area (Å²) < 4.78 is 25.3. The topological polar surface area (TPSA) is 90.9 Å². The molecule has 3 aromatic heterocycles.